The van der Waals surface area contributed by atoms with E-state index in [0.717, 1.165) is 43.1 Å². The molecule has 0 fully saturated rings. The van der Waals surface area contributed by atoms with Crippen molar-refractivity contribution in [2.45, 2.75) is 61.3 Å². The van der Waals surface area contributed by atoms with Crippen molar-refractivity contribution in [3.05, 3.63) is 22.8 Å². The first-order valence-electron chi connectivity index (χ1n) is 8.33. The van der Waals surface area contributed by atoms with Crippen LogP contribution in [0.2, 0.25) is 0 Å². The molecule has 0 aliphatic carbocycles. The van der Waals surface area contributed by atoms with Crippen LogP contribution in [0, 0.1) is 31.6 Å². The molecule has 3 nitrogen and oxygen atoms in total. The molecule has 21 heavy (non-hydrogen) atoms. The van der Waals surface area contributed by atoms with Gasteiger partial charge in [0, 0.05) is 17.8 Å². The van der Waals surface area contributed by atoms with Crippen LogP contribution in [0.25, 0.3) is 0 Å². The Labute approximate surface area is 131 Å². The second kappa shape index (κ2) is 8.47. The lowest BCUT2D eigenvalue weighted by molar-refractivity contribution is 0.471. The van der Waals surface area contributed by atoms with Crippen molar-refractivity contribution >= 4 is 0 Å². The molecule has 0 amide bonds. The molecule has 120 valence electrons. The maximum absolute atomic E-state index is 4.70. The van der Waals surface area contributed by atoms with Crippen molar-refractivity contribution in [3.8, 4) is 0 Å². The SMILES string of the molecule is Cc1nc(CC(C)C)nc(C)c1CC(C)CNCC(C)C. The third-order valence-corrected chi connectivity index (χ3v) is 3.66. The van der Waals surface area contributed by atoms with Gasteiger partial charge in [-0.05, 0) is 56.7 Å². The Hall–Kier alpha value is -0.960. The van der Waals surface area contributed by atoms with Crippen molar-refractivity contribution in [3.63, 3.8) is 0 Å². The molecule has 0 bridgehead atoms. The van der Waals surface area contributed by atoms with Crippen LogP contribution in [-0.4, -0.2) is 23.1 Å². The highest BCUT2D eigenvalue weighted by Gasteiger charge is 2.13. The molecule has 0 saturated carbocycles. The minimum Gasteiger partial charge on any atom is -0.316 e. The van der Waals surface area contributed by atoms with Crippen molar-refractivity contribution in [2.24, 2.45) is 17.8 Å². The Bertz CT molecular complexity index is 415. The van der Waals surface area contributed by atoms with E-state index in [1.807, 2.05) is 0 Å². The minimum absolute atomic E-state index is 0.605. The predicted molar refractivity (Wildman–Crippen MR) is 90.6 cm³/mol. The number of aryl methyl sites for hydroxylation is 2. The van der Waals surface area contributed by atoms with Crippen molar-refractivity contribution < 1.29 is 0 Å². The molecule has 1 heterocycles. The summed E-state index contributed by atoms with van der Waals surface area (Å²) < 4.78 is 0. The number of aromatic nitrogens is 2. The highest BCUT2D eigenvalue weighted by atomic mass is 14.9. The summed E-state index contributed by atoms with van der Waals surface area (Å²) in [6, 6.07) is 0. The van der Waals surface area contributed by atoms with Crippen LogP contribution < -0.4 is 5.32 Å². The van der Waals surface area contributed by atoms with E-state index in [2.05, 4.69) is 53.8 Å². The lowest BCUT2D eigenvalue weighted by Crippen LogP contribution is -2.26. The van der Waals surface area contributed by atoms with Crippen molar-refractivity contribution in [2.75, 3.05) is 13.1 Å². The number of hydrogen-bond acceptors (Lipinski definition) is 3. The molecule has 0 aliphatic rings. The van der Waals surface area contributed by atoms with Gasteiger partial charge in [0.1, 0.15) is 5.82 Å². The fourth-order valence-electron chi connectivity index (χ4n) is 2.60. The molecule has 0 aromatic carbocycles. The molecule has 0 spiro atoms. The Balaban J connectivity index is 2.66. The molecule has 1 aromatic rings. The topological polar surface area (TPSA) is 37.8 Å². The molecule has 3 heteroatoms. The fraction of sp³-hybridized carbons (Fsp3) is 0.778. The van der Waals surface area contributed by atoms with Crippen LogP contribution >= 0.6 is 0 Å². The fourth-order valence-corrected chi connectivity index (χ4v) is 2.60. The number of nitrogens with one attached hydrogen (secondary N) is 1. The zero-order valence-electron chi connectivity index (χ0n) is 15.0. The van der Waals surface area contributed by atoms with E-state index in [9.17, 15) is 0 Å². The van der Waals surface area contributed by atoms with Gasteiger partial charge in [-0.25, -0.2) is 9.97 Å². The molecular weight excluding hydrogens is 258 g/mol. The molecular formula is C18H33N3. The van der Waals surface area contributed by atoms with E-state index >= 15 is 0 Å². The second-order valence-electron chi connectivity index (χ2n) is 7.25. The van der Waals surface area contributed by atoms with Gasteiger partial charge >= 0.3 is 0 Å². The smallest absolute Gasteiger partial charge is 0.129 e. The van der Waals surface area contributed by atoms with E-state index in [0.29, 0.717) is 17.8 Å². The second-order valence-corrected chi connectivity index (χ2v) is 7.25. The standard InChI is InChI=1S/C18H33N3/c1-12(2)8-18-20-15(6)17(16(7)21-18)9-14(5)11-19-10-13(3)4/h12-14,19H,8-11H2,1-7H3. The maximum Gasteiger partial charge on any atom is 0.129 e. The number of nitrogens with zero attached hydrogens (tertiary/aromatic N) is 2. The lowest BCUT2D eigenvalue weighted by atomic mass is 9.98. The zero-order chi connectivity index (χ0) is 16.0. The van der Waals surface area contributed by atoms with E-state index in [1.165, 1.54) is 5.56 Å². The van der Waals surface area contributed by atoms with Crippen LogP contribution in [0.5, 0.6) is 0 Å². The monoisotopic (exact) mass is 291 g/mol. The van der Waals surface area contributed by atoms with Gasteiger partial charge in [-0.1, -0.05) is 34.6 Å². The third kappa shape index (κ3) is 6.56. The summed E-state index contributed by atoms with van der Waals surface area (Å²) in [5.41, 5.74) is 3.66. The Morgan fingerprint density at radius 2 is 1.38 bits per heavy atom. The average molecular weight is 291 g/mol. The highest BCUT2D eigenvalue weighted by Crippen LogP contribution is 2.16. The summed E-state index contributed by atoms with van der Waals surface area (Å²) in [6.45, 7) is 17.6. The first kappa shape index (κ1) is 18.1. The Kier molecular flexibility index (Phi) is 7.30. The molecule has 1 aromatic heterocycles. The molecule has 1 N–H and O–H groups in total. The summed E-state index contributed by atoms with van der Waals surface area (Å²) in [5.74, 6) is 2.92. The van der Waals surface area contributed by atoms with Crippen molar-refractivity contribution in [1.82, 2.24) is 15.3 Å². The summed E-state index contributed by atoms with van der Waals surface area (Å²) >= 11 is 0. The van der Waals surface area contributed by atoms with Crippen molar-refractivity contribution in [1.29, 1.82) is 0 Å². The van der Waals surface area contributed by atoms with E-state index in [1.54, 1.807) is 0 Å². The highest BCUT2D eigenvalue weighted by molar-refractivity contribution is 5.25. The minimum atomic E-state index is 0.605. The average Bonchev–Trinajstić information content (AvgIpc) is 2.32. The van der Waals surface area contributed by atoms with Gasteiger partial charge < -0.3 is 5.32 Å². The van der Waals surface area contributed by atoms with E-state index in [-0.39, 0.29) is 0 Å². The predicted octanol–water partition coefficient (Wildman–Crippen LogP) is 3.72. The van der Waals surface area contributed by atoms with E-state index in [4.69, 9.17) is 9.97 Å². The first-order valence-corrected chi connectivity index (χ1v) is 8.33. The van der Waals surface area contributed by atoms with Gasteiger partial charge in [0.15, 0.2) is 0 Å². The van der Waals surface area contributed by atoms with Gasteiger partial charge in [0.25, 0.3) is 0 Å². The maximum atomic E-state index is 4.70. The van der Waals surface area contributed by atoms with Gasteiger partial charge in [0.05, 0.1) is 0 Å². The molecule has 0 aliphatic heterocycles. The summed E-state index contributed by atoms with van der Waals surface area (Å²) in [4.78, 5) is 9.41. The molecule has 1 rings (SSSR count). The molecule has 0 radical (unpaired) electrons. The quantitative estimate of drug-likeness (QED) is 0.793. The van der Waals surface area contributed by atoms with Gasteiger partial charge in [-0.15, -0.1) is 0 Å². The number of rotatable bonds is 8. The molecule has 1 atom stereocenters. The van der Waals surface area contributed by atoms with Gasteiger partial charge in [-0.2, -0.15) is 0 Å². The normalized spacial score (nSPS) is 13.2. The van der Waals surface area contributed by atoms with Gasteiger partial charge in [-0.3, -0.25) is 0 Å². The summed E-state index contributed by atoms with van der Waals surface area (Å²) in [6.07, 6.45) is 2.03. The lowest BCUT2D eigenvalue weighted by Gasteiger charge is -2.17. The van der Waals surface area contributed by atoms with Crippen LogP contribution in [0.15, 0.2) is 0 Å². The first-order chi connectivity index (χ1) is 9.79. The van der Waals surface area contributed by atoms with Gasteiger partial charge in [0.2, 0.25) is 0 Å². The van der Waals surface area contributed by atoms with Crippen LogP contribution in [0.1, 0.15) is 57.4 Å². The Morgan fingerprint density at radius 3 is 1.86 bits per heavy atom. The van der Waals surface area contributed by atoms with Crippen LogP contribution in [0.3, 0.4) is 0 Å². The van der Waals surface area contributed by atoms with E-state index < -0.39 is 0 Å². The zero-order valence-corrected chi connectivity index (χ0v) is 15.0. The number of hydrogen-bond donors (Lipinski definition) is 1. The van der Waals surface area contributed by atoms with Crippen LogP contribution in [-0.2, 0) is 12.8 Å². The molecule has 1 unspecified atom stereocenters. The van der Waals surface area contributed by atoms with Crippen LogP contribution in [0.4, 0.5) is 0 Å². The largest absolute Gasteiger partial charge is 0.316 e. The summed E-state index contributed by atoms with van der Waals surface area (Å²) in [5, 5.41) is 3.54. The molecule has 0 saturated heterocycles. The summed E-state index contributed by atoms with van der Waals surface area (Å²) in [7, 11) is 0. The Morgan fingerprint density at radius 1 is 0.810 bits per heavy atom. The third-order valence-electron chi connectivity index (χ3n) is 3.66.